The van der Waals surface area contributed by atoms with Gasteiger partial charge in [0.25, 0.3) is 0 Å². The molecule has 0 fully saturated rings. The second kappa shape index (κ2) is 34.0. The number of esters is 1. The molecule has 0 amide bonds. The average molecular weight is 571 g/mol. The number of aliphatic hydroxyl groups is 1. The van der Waals surface area contributed by atoms with Crippen molar-refractivity contribution in [3.05, 3.63) is 72.9 Å². The third kappa shape index (κ3) is 32.2. The van der Waals surface area contributed by atoms with E-state index in [0.717, 1.165) is 77.0 Å². The molecule has 1 atom stereocenters. The maximum Gasteiger partial charge on any atom is 0.306 e. The van der Waals surface area contributed by atoms with Gasteiger partial charge in [0.1, 0.15) is 6.10 Å². The van der Waals surface area contributed by atoms with E-state index in [1.165, 1.54) is 32.1 Å². The topological polar surface area (TPSA) is 55.8 Å². The lowest BCUT2D eigenvalue weighted by atomic mass is 10.1. The number of hydrogen-bond acceptors (Lipinski definition) is 4. The van der Waals surface area contributed by atoms with E-state index in [4.69, 9.17) is 9.47 Å². The number of unbranched alkanes of at least 4 members (excludes halogenated alkanes) is 9. The molecule has 0 saturated heterocycles. The average Bonchev–Trinajstić information content (AvgIpc) is 2.98. The predicted octanol–water partition coefficient (Wildman–Crippen LogP) is 10.3. The zero-order valence-electron chi connectivity index (χ0n) is 26.5. The Balaban J connectivity index is 3.61. The third-order valence-corrected chi connectivity index (χ3v) is 6.52. The van der Waals surface area contributed by atoms with Crippen molar-refractivity contribution in [2.24, 2.45) is 0 Å². The zero-order chi connectivity index (χ0) is 29.9. The van der Waals surface area contributed by atoms with E-state index >= 15 is 0 Å². The number of rotatable bonds is 29. The summed E-state index contributed by atoms with van der Waals surface area (Å²) in [6, 6.07) is 0. The number of ether oxygens (including phenoxy) is 2. The van der Waals surface area contributed by atoms with E-state index in [2.05, 4.69) is 86.8 Å². The highest BCUT2D eigenvalue weighted by Crippen LogP contribution is 2.10. The van der Waals surface area contributed by atoms with Crippen LogP contribution in [0.3, 0.4) is 0 Å². The van der Waals surface area contributed by atoms with Crippen LogP contribution in [0, 0.1) is 0 Å². The summed E-state index contributed by atoms with van der Waals surface area (Å²) in [4.78, 5) is 12.1. The molecule has 0 spiro atoms. The minimum atomic E-state index is -0.562. The molecule has 4 heteroatoms. The van der Waals surface area contributed by atoms with Gasteiger partial charge in [0.05, 0.1) is 13.2 Å². The Morgan fingerprint density at radius 2 is 1.10 bits per heavy atom. The van der Waals surface area contributed by atoms with Gasteiger partial charge >= 0.3 is 5.97 Å². The summed E-state index contributed by atoms with van der Waals surface area (Å²) < 4.78 is 11.0. The fraction of sp³-hybridized carbons (Fsp3) is 0.649. The monoisotopic (exact) mass is 570 g/mol. The molecule has 1 unspecified atom stereocenters. The first-order valence-electron chi connectivity index (χ1n) is 16.5. The van der Waals surface area contributed by atoms with Crippen molar-refractivity contribution in [3.8, 4) is 0 Å². The molecule has 1 N–H and O–H groups in total. The summed E-state index contributed by atoms with van der Waals surface area (Å²) in [6.07, 6.45) is 45.1. The van der Waals surface area contributed by atoms with Crippen molar-refractivity contribution < 1.29 is 19.4 Å². The van der Waals surface area contributed by atoms with Gasteiger partial charge in [-0.25, -0.2) is 0 Å². The summed E-state index contributed by atoms with van der Waals surface area (Å²) >= 11 is 0. The number of aliphatic hydroxyl groups excluding tert-OH is 1. The van der Waals surface area contributed by atoms with Crippen LogP contribution in [0.2, 0.25) is 0 Å². The molecule has 4 nitrogen and oxygen atoms in total. The fourth-order valence-electron chi connectivity index (χ4n) is 4.04. The maximum atomic E-state index is 12.1. The van der Waals surface area contributed by atoms with Crippen LogP contribution >= 0.6 is 0 Å². The van der Waals surface area contributed by atoms with Gasteiger partial charge in [0, 0.05) is 13.0 Å². The molecule has 0 radical (unpaired) electrons. The van der Waals surface area contributed by atoms with Crippen LogP contribution in [0.15, 0.2) is 72.9 Å². The highest BCUT2D eigenvalue weighted by molar-refractivity contribution is 5.69. The Labute approximate surface area is 253 Å². The molecule has 0 bridgehead atoms. The lowest BCUT2D eigenvalue weighted by molar-refractivity contribution is -0.154. The van der Waals surface area contributed by atoms with Crippen molar-refractivity contribution in [1.29, 1.82) is 0 Å². The maximum absolute atomic E-state index is 12.1. The molecular formula is C37H62O4. The molecule has 234 valence electrons. The summed E-state index contributed by atoms with van der Waals surface area (Å²) in [5.74, 6) is -0.232. The molecule has 0 heterocycles. The van der Waals surface area contributed by atoms with Gasteiger partial charge in [0.2, 0.25) is 0 Å². The zero-order valence-corrected chi connectivity index (χ0v) is 26.5. The summed E-state index contributed by atoms with van der Waals surface area (Å²) in [7, 11) is 0. The molecule has 0 aromatic rings. The molecule has 0 aromatic heterocycles. The molecule has 0 aromatic carbocycles. The number of allylic oxidation sites excluding steroid dienone is 12. The quantitative estimate of drug-likeness (QED) is 0.0552. The van der Waals surface area contributed by atoms with Gasteiger partial charge < -0.3 is 14.6 Å². The van der Waals surface area contributed by atoms with Crippen molar-refractivity contribution in [2.45, 2.75) is 136 Å². The van der Waals surface area contributed by atoms with Crippen molar-refractivity contribution in [1.82, 2.24) is 0 Å². The normalized spacial score (nSPS) is 13.3. The summed E-state index contributed by atoms with van der Waals surface area (Å²) in [5, 5.41) is 9.51. The smallest absolute Gasteiger partial charge is 0.306 e. The lowest BCUT2D eigenvalue weighted by Crippen LogP contribution is -2.27. The Kier molecular flexibility index (Phi) is 32.2. The van der Waals surface area contributed by atoms with E-state index in [1.54, 1.807) is 0 Å². The van der Waals surface area contributed by atoms with Gasteiger partial charge in [-0.05, 0) is 77.0 Å². The second-order valence-electron chi connectivity index (χ2n) is 10.5. The number of carbonyl (C=O) groups is 1. The van der Waals surface area contributed by atoms with E-state index in [1.807, 2.05) is 0 Å². The van der Waals surface area contributed by atoms with Crippen LogP contribution in [0.4, 0.5) is 0 Å². The SMILES string of the molecule is CC/C=C\C/C=C\C/C=C\C/C=C\C/C=C\CCCCOCC(CO)OC(=O)CCCCCCC/C=C\CCCC. The summed E-state index contributed by atoms with van der Waals surface area (Å²) in [6.45, 7) is 5.06. The van der Waals surface area contributed by atoms with Crippen LogP contribution in [0.5, 0.6) is 0 Å². The summed E-state index contributed by atoms with van der Waals surface area (Å²) in [5.41, 5.74) is 0. The van der Waals surface area contributed by atoms with Gasteiger partial charge in [-0.3, -0.25) is 4.79 Å². The minimum absolute atomic E-state index is 0.197. The van der Waals surface area contributed by atoms with Gasteiger partial charge in [-0.15, -0.1) is 0 Å². The molecular weight excluding hydrogens is 508 g/mol. The highest BCUT2D eigenvalue weighted by atomic mass is 16.6. The van der Waals surface area contributed by atoms with Crippen molar-refractivity contribution >= 4 is 5.97 Å². The van der Waals surface area contributed by atoms with Crippen LogP contribution in [0.25, 0.3) is 0 Å². The Hall–Kier alpha value is -2.17. The van der Waals surface area contributed by atoms with Gasteiger partial charge in [0.15, 0.2) is 0 Å². The van der Waals surface area contributed by atoms with Crippen molar-refractivity contribution in [3.63, 3.8) is 0 Å². The van der Waals surface area contributed by atoms with E-state index < -0.39 is 6.10 Å². The molecule has 0 aliphatic carbocycles. The first-order chi connectivity index (χ1) is 20.2. The Bertz CT molecular complexity index is 729. The highest BCUT2D eigenvalue weighted by Gasteiger charge is 2.13. The van der Waals surface area contributed by atoms with E-state index in [0.29, 0.717) is 13.0 Å². The van der Waals surface area contributed by atoms with Gasteiger partial charge in [-0.2, -0.15) is 0 Å². The standard InChI is InChI=1S/C37H62O4/c1-3-5-7-9-11-13-15-16-17-18-19-20-21-23-25-27-29-31-33-40-35-36(34-38)41-37(39)32-30-28-26-24-22-14-12-10-8-6-4-2/h5,7,10-13,16-17,19-20,23,25,36,38H,3-4,6,8-9,14-15,18,21-22,24,26-35H2,1-2H3/b7-5-,12-10-,13-11-,17-16-,20-19-,25-23-. The lowest BCUT2D eigenvalue weighted by Gasteiger charge is -2.15. The van der Waals surface area contributed by atoms with Gasteiger partial charge in [-0.1, -0.05) is 119 Å². The minimum Gasteiger partial charge on any atom is -0.457 e. The number of carbonyl (C=O) groups excluding carboxylic acids is 1. The van der Waals surface area contributed by atoms with E-state index in [-0.39, 0.29) is 19.2 Å². The Morgan fingerprint density at radius 3 is 1.68 bits per heavy atom. The fourth-order valence-corrected chi connectivity index (χ4v) is 4.04. The van der Waals surface area contributed by atoms with Crippen LogP contribution in [0.1, 0.15) is 129 Å². The van der Waals surface area contributed by atoms with E-state index in [9.17, 15) is 9.90 Å². The largest absolute Gasteiger partial charge is 0.457 e. The second-order valence-corrected chi connectivity index (χ2v) is 10.5. The van der Waals surface area contributed by atoms with Crippen LogP contribution < -0.4 is 0 Å². The Morgan fingerprint density at radius 1 is 0.610 bits per heavy atom. The third-order valence-electron chi connectivity index (χ3n) is 6.52. The molecule has 0 rings (SSSR count). The molecule has 0 saturated carbocycles. The molecule has 41 heavy (non-hydrogen) atoms. The molecule has 0 aliphatic rings. The van der Waals surface area contributed by atoms with Crippen molar-refractivity contribution in [2.75, 3.05) is 19.8 Å². The number of hydrogen-bond donors (Lipinski definition) is 1. The first-order valence-corrected chi connectivity index (χ1v) is 16.5. The first kappa shape index (κ1) is 38.8. The van der Waals surface area contributed by atoms with Crippen LogP contribution in [-0.4, -0.2) is 37.0 Å². The van der Waals surface area contributed by atoms with Crippen LogP contribution in [-0.2, 0) is 14.3 Å². The molecule has 0 aliphatic heterocycles. The predicted molar refractivity (Wildman–Crippen MR) is 177 cm³/mol.